The van der Waals surface area contributed by atoms with Gasteiger partial charge in [0.1, 0.15) is 11.4 Å². The minimum atomic E-state index is 0.700. The molecule has 0 aliphatic heterocycles. The molecule has 0 amide bonds. The maximum atomic E-state index is 5.96. The van der Waals surface area contributed by atoms with Crippen molar-refractivity contribution in [3.8, 4) is 5.75 Å². The number of hydrogen-bond acceptors (Lipinski definition) is 2. The van der Waals surface area contributed by atoms with Crippen LogP contribution < -0.4 is 4.74 Å². The third-order valence-electron chi connectivity index (χ3n) is 2.99. The molecule has 96 valence electrons. The molecule has 0 fully saturated rings. The first kappa shape index (κ1) is 12.1. The monoisotopic (exact) mass is 272 g/mol. The van der Waals surface area contributed by atoms with E-state index in [9.17, 15) is 0 Å². The molecule has 0 saturated carbocycles. The second-order valence-corrected chi connectivity index (χ2v) is 4.81. The molecule has 0 spiro atoms. The number of pyridine rings is 1. The van der Waals surface area contributed by atoms with Crippen LogP contribution in [-0.4, -0.2) is 16.5 Å². The minimum absolute atomic E-state index is 0.700. The Bertz CT molecular complexity index is 721. The highest BCUT2D eigenvalue weighted by molar-refractivity contribution is 6.30. The van der Waals surface area contributed by atoms with Gasteiger partial charge in [0.15, 0.2) is 0 Å². The number of methoxy groups -OCH3 is 1. The Hall–Kier alpha value is -2.00. The molecule has 0 saturated heterocycles. The third kappa shape index (κ3) is 2.56. The first-order chi connectivity index (χ1) is 9.24. The standard InChI is InChI=1S/C15H13ClN2O/c1-19-14-4-2-3-11(8-14)7-13-10-18-6-5-12(16)9-15(18)17-13/h2-6,8-10H,7H2,1H3. The van der Waals surface area contributed by atoms with Crippen LogP contribution in [-0.2, 0) is 6.42 Å². The molecule has 2 aromatic heterocycles. The van der Waals surface area contributed by atoms with E-state index in [4.69, 9.17) is 16.3 Å². The van der Waals surface area contributed by atoms with Crippen molar-refractivity contribution < 1.29 is 4.74 Å². The Morgan fingerprint density at radius 3 is 3.00 bits per heavy atom. The summed E-state index contributed by atoms with van der Waals surface area (Å²) in [6.07, 6.45) is 4.71. The molecule has 2 heterocycles. The van der Waals surface area contributed by atoms with Crippen LogP contribution in [0.5, 0.6) is 5.75 Å². The smallest absolute Gasteiger partial charge is 0.138 e. The van der Waals surface area contributed by atoms with Crippen molar-refractivity contribution in [3.63, 3.8) is 0 Å². The molecule has 3 nitrogen and oxygen atoms in total. The van der Waals surface area contributed by atoms with Gasteiger partial charge in [-0.2, -0.15) is 0 Å². The van der Waals surface area contributed by atoms with Gasteiger partial charge in [-0.25, -0.2) is 4.98 Å². The van der Waals surface area contributed by atoms with Crippen molar-refractivity contribution in [1.82, 2.24) is 9.38 Å². The Labute approximate surface area is 116 Å². The first-order valence-corrected chi connectivity index (χ1v) is 6.38. The van der Waals surface area contributed by atoms with E-state index in [0.29, 0.717) is 5.02 Å². The number of benzene rings is 1. The molecule has 0 radical (unpaired) electrons. The van der Waals surface area contributed by atoms with Crippen LogP contribution in [0.1, 0.15) is 11.3 Å². The summed E-state index contributed by atoms with van der Waals surface area (Å²) in [4.78, 5) is 4.56. The highest BCUT2D eigenvalue weighted by Crippen LogP contribution is 2.17. The van der Waals surface area contributed by atoms with Gasteiger partial charge in [0.2, 0.25) is 0 Å². The zero-order valence-electron chi connectivity index (χ0n) is 10.5. The van der Waals surface area contributed by atoms with Crippen molar-refractivity contribution in [2.45, 2.75) is 6.42 Å². The van der Waals surface area contributed by atoms with Crippen molar-refractivity contribution in [2.24, 2.45) is 0 Å². The van der Waals surface area contributed by atoms with Gasteiger partial charge in [-0.3, -0.25) is 0 Å². The van der Waals surface area contributed by atoms with Gasteiger partial charge < -0.3 is 9.14 Å². The van der Waals surface area contributed by atoms with Crippen LogP contribution in [0.3, 0.4) is 0 Å². The van der Waals surface area contributed by atoms with Crippen molar-refractivity contribution in [3.05, 3.63) is 65.1 Å². The lowest BCUT2D eigenvalue weighted by Gasteiger charge is -2.02. The summed E-state index contributed by atoms with van der Waals surface area (Å²) >= 11 is 5.96. The third-order valence-corrected chi connectivity index (χ3v) is 3.23. The Kier molecular flexibility index (Phi) is 3.13. The van der Waals surface area contributed by atoms with Crippen LogP contribution in [0.15, 0.2) is 48.8 Å². The molecule has 1 aromatic carbocycles. The van der Waals surface area contributed by atoms with E-state index in [2.05, 4.69) is 11.1 Å². The van der Waals surface area contributed by atoms with Crippen LogP contribution >= 0.6 is 11.6 Å². The highest BCUT2D eigenvalue weighted by Gasteiger charge is 2.04. The first-order valence-electron chi connectivity index (χ1n) is 6.01. The predicted molar refractivity (Wildman–Crippen MR) is 76.0 cm³/mol. The topological polar surface area (TPSA) is 26.5 Å². The fraction of sp³-hybridized carbons (Fsp3) is 0.133. The quantitative estimate of drug-likeness (QED) is 0.728. The molecule has 0 N–H and O–H groups in total. The Morgan fingerprint density at radius 2 is 2.16 bits per heavy atom. The molecule has 0 unspecified atom stereocenters. The molecule has 0 bridgehead atoms. The average molecular weight is 273 g/mol. The van der Waals surface area contributed by atoms with Gasteiger partial charge in [-0.1, -0.05) is 23.7 Å². The summed E-state index contributed by atoms with van der Waals surface area (Å²) in [7, 11) is 1.67. The zero-order valence-corrected chi connectivity index (χ0v) is 11.3. The SMILES string of the molecule is COc1cccc(Cc2cn3ccc(Cl)cc3n2)c1. The highest BCUT2D eigenvalue weighted by atomic mass is 35.5. The molecular formula is C15H13ClN2O. The normalized spacial score (nSPS) is 10.8. The lowest BCUT2D eigenvalue weighted by Crippen LogP contribution is -1.89. The number of halogens is 1. The number of nitrogens with zero attached hydrogens (tertiary/aromatic N) is 2. The number of imidazole rings is 1. The van der Waals surface area contributed by atoms with E-state index in [1.807, 2.05) is 47.1 Å². The fourth-order valence-electron chi connectivity index (χ4n) is 2.09. The van der Waals surface area contributed by atoms with Crippen LogP contribution in [0.4, 0.5) is 0 Å². The number of aromatic nitrogens is 2. The van der Waals surface area contributed by atoms with Gasteiger partial charge in [-0.15, -0.1) is 0 Å². The molecule has 0 atom stereocenters. The van der Waals surface area contributed by atoms with Crippen LogP contribution in [0, 0.1) is 0 Å². The van der Waals surface area contributed by atoms with Gasteiger partial charge in [0.05, 0.1) is 12.8 Å². The molecule has 3 rings (SSSR count). The number of fused-ring (bicyclic) bond motifs is 1. The summed E-state index contributed by atoms with van der Waals surface area (Å²) < 4.78 is 7.20. The maximum absolute atomic E-state index is 5.96. The number of ether oxygens (including phenoxy) is 1. The van der Waals surface area contributed by atoms with E-state index in [0.717, 1.165) is 23.5 Å². The molecule has 4 heteroatoms. The molecule has 3 aromatic rings. The zero-order chi connectivity index (χ0) is 13.2. The van der Waals surface area contributed by atoms with E-state index >= 15 is 0 Å². The lowest BCUT2D eigenvalue weighted by atomic mass is 10.1. The molecular weight excluding hydrogens is 260 g/mol. The second kappa shape index (κ2) is 4.94. The average Bonchev–Trinajstić information content (AvgIpc) is 2.80. The molecule has 0 aliphatic rings. The molecule has 19 heavy (non-hydrogen) atoms. The van der Waals surface area contributed by atoms with Gasteiger partial charge in [0, 0.05) is 23.8 Å². The number of hydrogen-bond donors (Lipinski definition) is 0. The van der Waals surface area contributed by atoms with Crippen LogP contribution in [0.25, 0.3) is 5.65 Å². The minimum Gasteiger partial charge on any atom is -0.497 e. The van der Waals surface area contributed by atoms with E-state index < -0.39 is 0 Å². The Morgan fingerprint density at radius 1 is 1.26 bits per heavy atom. The predicted octanol–water partition coefficient (Wildman–Crippen LogP) is 3.59. The van der Waals surface area contributed by atoms with E-state index in [1.165, 1.54) is 5.56 Å². The van der Waals surface area contributed by atoms with E-state index in [-0.39, 0.29) is 0 Å². The largest absolute Gasteiger partial charge is 0.497 e. The van der Waals surface area contributed by atoms with Crippen molar-refractivity contribution in [1.29, 1.82) is 0 Å². The second-order valence-electron chi connectivity index (χ2n) is 4.37. The maximum Gasteiger partial charge on any atom is 0.138 e. The van der Waals surface area contributed by atoms with Crippen molar-refractivity contribution in [2.75, 3.05) is 7.11 Å². The summed E-state index contributed by atoms with van der Waals surface area (Å²) in [6, 6.07) is 11.7. The van der Waals surface area contributed by atoms with Crippen molar-refractivity contribution >= 4 is 17.2 Å². The summed E-state index contributed by atoms with van der Waals surface area (Å²) in [5, 5.41) is 0.700. The number of rotatable bonds is 3. The Balaban J connectivity index is 1.92. The van der Waals surface area contributed by atoms with Gasteiger partial charge >= 0.3 is 0 Å². The van der Waals surface area contributed by atoms with Gasteiger partial charge in [0.25, 0.3) is 0 Å². The molecule has 0 aliphatic carbocycles. The summed E-state index contributed by atoms with van der Waals surface area (Å²) in [5.41, 5.74) is 3.05. The van der Waals surface area contributed by atoms with Gasteiger partial charge in [-0.05, 0) is 29.8 Å². The van der Waals surface area contributed by atoms with Crippen LogP contribution in [0.2, 0.25) is 5.02 Å². The fourth-order valence-corrected chi connectivity index (χ4v) is 2.24. The summed E-state index contributed by atoms with van der Waals surface area (Å²) in [5.74, 6) is 0.865. The van der Waals surface area contributed by atoms with E-state index in [1.54, 1.807) is 7.11 Å². The lowest BCUT2D eigenvalue weighted by molar-refractivity contribution is 0.414. The summed E-state index contributed by atoms with van der Waals surface area (Å²) in [6.45, 7) is 0.